The van der Waals surface area contributed by atoms with E-state index in [1.165, 1.54) is 0 Å². The largest absolute Gasteiger partial charge is 0.481 e. The lowest BCUT2D eigenvalue weighted by Crippen LogP contribution is -2.38. The van der Waals surface area contributed by atoms with E-state index < -0.39 is 5.97 Å². The van der Waals surface area contributed by atoms with E-state index in [0.717, 1.165) is 19.5 Å². The molecule has 0 saturated carbocycles. The van der Waals surface area contributed by atoms with Gasteiger partial charge in [0.25, 0.3) is 0 Å². The van der Waals surface area contributed by atoms with Gasteiger partial charge in [0, 0.05) is 25.2 Å². The van der Waals surface area contributed by atoms with Crippen LogP contribution in [0.2, 0.25) is 0 Å². The highest BCUT2D eigenvalue weighted by atomic mass is 16.4. The van der Waals surface area contributed by atoms with Gasteiger partial charge >= 0.3 is 5.97 Å². The van der Waals surface area contributed by atoms with Gasteiger partial charge in [-0.15, -0.1) is 0 Å². The van der Waals surface area contributed by atoms with E-state index in [1.807, 2.05) is 0 Å². The quantitative estimate of drug-likeness (QED) is 0.766. The highest BCUT2D eigenvalue weighted by molar-refractivity contribution is 5.67. The summed E-state index contributed by atoms with van der Waals surface area (Å²) in [4.78, 5) is 15.4. The van der Waals surface area contributed by atoms with E-state index in [9.17, 15) is 4.79 Å². The number of rotatable bonds is 5. The maximum absolute atomic E-state index is 10.8. The zero-order chi connectivity index (χ0) is 12.3. The molecule has 4 nitrogen and oxygen atoms in total. The summed E-state index contributed by atoms with van der Waals surface area (Å²) in [5.41, 5.74) is 0. The van der Waals surface area contributed by atoms with Crippen LogP contribution in [0.15, 0.2) is 0 Å². The Bertz CT molecular complexity index is 243. The monoisotopic (exact) mass is 228 g/mol. The first-order valence-electron chi connectivity index (χ1n) is 6.08. The third kappa shape index (κ3) is 3.19. The number of carbonyl (C=O) groups is 1. The van der Waals surface area contributed by atoms with Crippen LogP contribution in [0.5, 0.6) is 0 Å². The Kier molecular flexibility index (Phi) is 4.74. The Balaban J connectivity index is 2.58. The van der Waals surface area contributed by atoms with E-state index in [-0.39, 0.29) is 12.5 Å². The van der Waals surface area contributed by atoms with Crippen molar-refractivity contribution in [2.75, 3.05) is 27.2 Å². The molecule has 0 aromatic heterocycles. The van der Waals surface area contributed by atoms with E-state index in [1.54, 1.807) is 0 Å². The maximum Gasteiger partial charge on any atom is 0.304 e. The number of hydrogen-bond donors (Lipinski definition) is 1. The third-order valence-corrected chi connectivity index (χ3v) is 3.66. The molecule has 3 atom stereocenters. The summed E-state index contributed by atoms with van der Waals surface area (Å²) in [6.45, 7) is 6.34. The SMILES string of the molecule is CCC(CC(=O)O)N1CC(C)C(N(C)C)C1. The maximum atomic E-state index is 10.8. The molecule has 94 valence electrons. The summed E-state index contributed by atoms with van der Waals surface area (Å²) in [5, 5.41) is 8.88. The van der Waals surface area contributed by atoms with Gasteiger partial charge in [0.05, 0.1) is 6.42 Å². The minimum atomic E-state index is -0.687. The summed E-state index contributed by atoms with van der Waals surface area (Å²) in [5.74, 6) is -0.0642. The molecule has 0 bridgehead atoms. The Hall–Kier alpha value is -0.610. The fourth-order valence-corrected chi connectivity index (χ4v) is 2.69. The van der Waals surface area contributed by atoms with Crippen LogP contribution in [0.4, 0.5) is 0 Å². The summed E-state index contributed by atoms with van der Waals surface area (Å²) in [7, 11) is 4.20. The van der Waals surface area contributed by atoms with Crippen molar-refractivity contribution in [2.45, 2.75) is 38.8 Å². The molecule has 0 aliphatic carbocycles. The number of hydrogen-bond acceptors (Lipinski definition) is 3. The number of carboxylic acids is 1. The second-order valence-electron chi connectivity index (χ2n) is 5.12. The first kappa shape index (κ1) is 13.5. The van der Waals surface area contributed by atoms with Gasteiger partial charge in [-0.1, -0.05) is 13.8 Å². The molecular formula is C12H24N2O2. The lowest BCUT2D eigenvalue weighted by Gasteiger charge is -2.26. The topological polar surface area (TPSA) is 43.8 Å². The second kappa shape index (κ2) is 5.64. The van der Waals surface area contributed by atoms with Gasteiger partial charge in [-0.05, 0) is 26.4 Å². The van der Waals surface area contributed by atoms with E-state index in [0.29, 0.717) is 12.0 Å². The Morgan fingerprint density at radius 1 is 1.50 bits per heavy atom. The summed E-state index contributed by atoms with van der Waals surface area (Å²) < 4.78 is 0. The Morgan fingerprint density at radius 3 is 2.50 bits per heavy atom. The Labute approximate surface area is 98.2 Å². The molecule has 16 heavy (non-hydrogen) atoms. The first-order valence-corrected chi connectivity index (χ1v) is 6.08. The van der Waals surface area contributed by atoms with Crippen molar-refractivity contribution in [1.82, 2.24) is 9.80 Å². The fraction of sp³-hybridized carbons (Fsp3) is 0.917. The average molecular weight is 228 g/mol. The predicted octanol–water partition coefficient (Wildman–Crippen LogP) is 1.12. The van der Waals surface area contributed by atoms with Gasteiger partial charge in [0.2, 0.25) is 0 Å². The van der Waals surface area contributed by atoms with Gasteiger partial charge in [-0.25, -0.2) is 0 Å². The van der Waals surface area contributed by atoms with Crippen LogP contribution in [0, 0.1) is 5.92 Å². The molecule has 4 heteroatoms. The van der Waals surface area contributed by atoms with Crippen LogP contribution in [-0.4, -0.2) is 60.1 Å². The standard InChI is InChI=1S/C12H24N2O2/c1-5-10(6-12(15)16)14-7-9(2)11(8-14)13(3)4/h9-11H,5-8H2,1-4H3,(H,15,16). The molecule has 1 rings (SSSR count). The smallest absolute Gasteiger partial charge is 0.304 e. The van der Waals surface area contributed by atoms with Crippen molar-refractivity contribution >= 4 is 5.97 Å². The molecule has 3 unspecified atom stereocenters. The van der Waals surface area contributed by atoms with Crippen LogP contribution in [0.25, 0.3) is 0 Å². The lowest BCUT2D eigenvalue weighted by atomic mass is 10.1. The van der Waals surface area contributed by atoms with Gasteiger partial charge in [-0.2, -0.15) is 0 Å². The molecule has 1 heterocycles. The number of carboxylic acid groups (broad SMARTS) is 1. The molecule has 1 aliphatic heterocycles. The van der Waals surface area contributed by atoms with Crippen molar-refractivity contribution in [1.29, 1.82) is 0 Å². The zero-order valence-electron chi connectivity index (χ0n) is 10.8. The summed E-state index contributed by atoms with van der Waals surface area (Å²) in [6, 6.07) is 0.757. The van der Waals surface area contributed by atoms with Crippen LogP contribution >= 0.6 is 0 Å². The highest BCUT2D eigenvalue weighted by Crippen LogP contribution is 2.24. The van der Waals surface area contributed by atoms with Gasteiger partial charge in [0.15, 0.2) is 0 Å². The first-order chi connectivity index (χ1) is 7.45. The molecule has 1 aliphatic rings. The molecule has 1 fully saturated rings. The number of likely N-dealkylation sites (N-methyl/N-ethyl adjacent to an activating group) is 1. The third-order valence-electron chi connectivity index (χ3n) is 3.66. The van der Waals surface area contributed by atoms with E-state index in [4.69, 9.17) is 5.11 Å². The molecular weight excluding hydrogens is 204 g/mol. The van der Waals surface area contributed by atoms with Crippen LogP contribution in [0.1, 0.15) is 26.7 Å². The lowest BCUT2D eigenvalue weighted by molar-refractivity contribution is -0.138. The molecule has 0 radical (unpaired) electrons. The second-order valence-corrected chi connectivity index (χ2v) is 5.12. The minimum Gasteiger partial charge on any atom is -0.481 e. The van der Waals surface area contributed by atoms with Crippen molar-refractivity contribution in [3.63, 3.8) is 0 Å². The normalized spacial score (nSPS) is 28.6. The summed E-state index contributed by atoms with van der Waals surface area (Å²) in [6.07, 6.45) is 1.18. The molecule has 0 amide bonds. The van der Waals surface area contributed by atoms with Crippen LogP contribution in [0.3, 0.4) is 0 Å². The van der Waals surface area contributed by atoms with Gasteiger partial charge < -0.3 is 10.0 Å². The average Bonchev–Trinajstić information content (AvgIpc) is 2.56. The molecule has 1 N–H and O–H groups in total. The van der Waals surface area contributed by atoms with E-state index in [2.05, 4.69) is 37.7 Å². The van der Waals surface area contributed by atoms with Crippen LogP contribution < -0.4 is 0 Å². The predicted molar refractivity (Wildman–Crippen MR) is 64.5 cm³/mol. The number of likely N-dealkylation sites (tertiary alicyclic amines) is 1. The molecule has 0 aromatic rings. The van der Waals surface area contributed by atoms with Crippen molar-refractivity contribution in [3.8, 4) is 0 Å². The van der Waals surface area contributed by atoms with Crippen molar-refractivity contribution < 1.29 is 9.90 Å². The minimum absolute atomic E-state index is 0.199. The van der Waals surface area contributed by atoms with Crippen LogP contribution in [-0.2, 0) is 4.79 Å². The van der Waals surface area contributed by atoms with Gasteiger partial charge in [0.1, 0.15) is 0 Å². The van der Waals surface area contributed by atoms with Crippen molar-refractivity contribution in [3.05, 3.63) is 0 Å². The Morgan fingerprint density at radius 2 is 2.12 bits per heavy atom. The molecule has 0 aromatic carbocycles. The fourth-order valence-electron chi connectivity index (χ4n) is 2.69. The van der Waals surface area contributed by atoms with E-state index >= 15 is 0 Å². The highest BCUT2D eigenvalue weighted by Gasteiger charge is 2.34. The van der Waals surface area contributed by atoms with Gasteiger partial charge in [-0.3, -0.25) is 9.69 Å². The molecule has 0 spiro atoms. The number of nitrogens with zero attached hydrogens (tertiary/aromatic N) is 2. The number of aliphatic carboxylic acids is 1. The summed E-state index contributed by atoms with van der Waals surface area (Å²) >= 11 is 0. The zero-order valence-corrected chi connectivity index (χ0v) is 10.8. The van der Waals surface area contributed by atoms with Crippen molar-refractivity contribution in [2.24, 2.45) is 5.92 Å². The molecule has 1 saturated heterocycles.